The lowest BCUT2D eigenvalue weighted by atomic mass is 10.4. The van der Waals surface area contributed by atoms with Crippen molar-refractivity contribution in [2.75, 3.05) is 11.5 Å². The highest BCUT2D eigenvalue weighted by Crippen LogP contribution is 2.20. The predicted molar refractivity (Wildman–Crippen MR) is 42.7 cm³/mol. The largest absolute Gasteiger partial charge is 0.394 e. The number of rotatable bonds is 1. The molecular weight excluding hydrogens is 144 g/mol. The van der Waals surface area contributed by atoms with E-state index < -0.39 is 6.23 Å². The maximum atomic E-state index is 9.11. The van der Waals surface area contributed by atoms with Crippen molar-refractivity contribution in [3.05, 3.63) is 5.69 Å². The second kappa shape index (κ2) is 2.43. The fourth-order valence-electron chi connectivity index (χ4n) is 0.863. The zero-order valence-electron chi connectivity index (χ0n) is 6.57. The van der Waals surface area contributed by atoms with Crippen molar-refractivity contribution < 1.29 is 5.11 Å². The Morgan fingerprint density at radius 2 is 2.09 bits per heavy atom. The van der Waals surface area contributed by atoms with E-state index in [0.29, 0.717) is 17.2 Å². The van der Waals surface area contributed by atoms with Crippen molar-refractivity contribution in [2.24, 2.45) is 0 Å². The third-order valence-corrected chi connectivity index (χ3v) is 1.52. The van der Waals surface area contributed by atoms with E-state index in [1.165, 1.54) is 4.68 Å². The number of nitrogens with zero attached hydrogens (tertiary/aromatic N) is 2. The number of aryl methyl sites for hydroxylation is 1. The normalized spacial score (nSPS) is 13.4. The molecule has 1 atom stereocenters. The molecule has 1 unspecified atom stereocenters. The Morgan fingerprint density at radius 1 is 1.55 bits per heavy atom. The van der Waals surface area contributed by atoms with Crippen molar-refractivity contribution in [3.63, 3.8) is 0 Å². The molecule has 1 aromatic rings. The van der Waals surface area contributed by atoms with Crippen LogP contribution in [0.5, 0.6) is 0 Å². The number of nitrogens with two attached hydrogens (primary N) is 2. The second-order valence-electron chi connectivity index (χ2n) is 2.46. The Balaban J connectivity index is 3.19. The van der Waals surface area contributed by atoms with E-state index in [0.717, 1.165) is 0 Å². The lowest BCUT2D eigenvalue weighted by molar-refractivity contribution is 0.113. The van der Waals surface area contributed by atoms with Gasteiger partial charge in [0.2, 0.25) is 0 Å². The van der Waals surface area contributed by atoms with Gasteiger partial charge in [-0.05, 0) is 13.8 Å². The van der Waals surface area contributed by atoms with Crippen LogP contribution in [0.25, 0.3) is 0 Å². The molecule has 0 saturated carbocycles. The Bertz CT molecular complexity index is 266. The molecule has 11 heavy (non-hydrogen) atoms. The van der Waals surface area contributed by atoms with Crippen LogP contribution in [0.3, 0.4) is 0 Å². The first kappa shape index (κ1) is 7.87. The number of aliphatic hydroxyl groups is 1. The summed E-state index contributed by atoms with van der Waals surface area (Å²) >= 11 is 0. The summed E-state index contributed by atoms with van der Waals surface area (Å²) in [6, 6.07) is 0. The Labute approximate surface area is 64.6 Å². The van der Waals surface area contributed by atoms with Gasteiger partial charge in [0.1, 0.15) is 12.0 Å². The summed E-state index contributed by atoms with van der Waals surface area (Å²) in [6.07, 6.45) is -0.731. The minimum Gasteiger partial charge on any atom is -0.394 e. The summed E-state index contributed by atoms with van der Waals surface area (Å²) in [5, 5.41) is 13.0. The summed E-state index contributed by atoms with van der Waals surface area (Å²) in [7, 11) is 0. The quantitative estimate of drug-likeness (QED) is 0.528. The maximum Gasteiger partial charge on any atom is 0.148 e. The molecule has 5 nitrogen and oxygen atoms in total. The molecule has 1 heterocycles. The Hall–Kier alpha value is -1.23. The molecule has 0 radical (unpaired) electrons. The molecule has 0 amide bonds. The van der Waals surface area contributed by atoms with Gasteiger partial charge in [-0.1, -0.05) is 0 Å². The first-order valence-electron chi connectivity index (χ1n) is 3.32. The third kappa shape index (κ3) is 1.14. The molecule has 0 aromatic carbocycles. The highest BCUT2D eigenvalue weighted by atomic mass is 16.3. The molecule has 5 N–H and O–H groups in total. The van der Waals surface area contributed by atoms with Crippen molar-refractivity contribution in [1.82, 2.24) is 9.78 Å². The molecule has 1 rings (SSSR count). The van der Waals surface area contributed by atoms with Crippen LogP contribution in [0.15, 0.2) is 0 Å². The maximum absolute atomic E-state index is 9.11. The highest BCUT2D eigenvalue weighted by Gasteiger charge is 2.11. The summed E-state index contributed by atoms with van der Waals surface area (Å²) in [5.74, 6) is 0.317. The summed E-state index contributed by atoms with van der Waals surface area (Å²) < 4.78 is 1.28. The van der Waals surface area contributed by atoms with Gasteiger partial charge in [-0.2, -0.15) is 5.10 Å². The number of aromatic nitrogens is 2. The minimum absolute atomic E-state index is 0.317. The van der Waals surface area contributed by atoms with E-state index in [1.807, 2.05) is 0 Å². The first-order chi connectivity index (χ1) is 5.04. The average molecular weight is 156 g/mol. The molecule has 0 fully saturated rings. The van der Waals surface area contributed by atoms with Gasteiger partial charge in [0.25, 0.3) is 0 Å². The standard InChI is InChI=1S/C6H12N4O/c1-3-5(7)6(8)10(9-3)4(2)11/h4,11H,7-8H2,1-2H3. The number of anilines is 2. The van der Waals surface area contributed by atoms with Crippen LogP contribution in [0.2, 0.25) is 0 Å². The average Bonchev–Trinajstić information content (AvgIpc) is 2.17. The van der Waals surface area contributed by atoms with Gasteiger partial charge in [0.15, 0.2) is 0 Å². The lowest BCUT2D eigenvalue weighted by Gasteiger charge is -2.05. The fourth-order valence-corrected chi connectivity index (χ4v) is 0.863. The topological polar surface area (TPSA) is 90.1 Å². The highest BCUT2D eigenvalue weighted by molar-refractivity contribution is 5.61. The predicted octanol–water partition coefficient (Wildman–Crippen LogP) is -0.133. The SMILES string of the molecule is Cc1nn(C(C)O)c(N)c1N. The molecule has 5 heteroatoms. The van der Waals surface area contributed by atoms with E-state index in [4.69, 9.17) is 16.6 Å². The van der Waals surface area contributed by atoms with Crippen LogP contribution >= 0.6 is 0 Å². The number of hydrogen-bond acceptors (Lipinski definition) is 4. The molecule has 0 aliphatic heterocycles. The number of nitrogen functional groups attached to an aromatic ring is 2. The number of hydrogen-bond donors (Lipinski definition) is 3. The van der Waals surface area contributed by atoms with Gasteiger partial charge in [0, 0.05) is 0 Å². The van der Waals surface area contributed by atoms with E-state index in [1.54, 1.807) is 13.8 Å². The van der Waals surface area contributed by atoms with Crippen LogP contribution < -0.4 is 11.5 Å². The molecule has 62 valence electrons. The van der Waals surface area contributed by atoms with Crippen molar-refractivity contribution in [1.29, 1.82) is 0 Å². The summed E-state index contributed by atoms with van der Waals surface area (Å²) in [4.78, 5) is 0. The van der Waals surface area contributed by atoms with Gasteiger partial charge in [-0.25, -0.2) is 4.68 Å². The van der Waals surface area contributed by atoms with Gasteiger partial charge in [0.05, 0.1) is 11.4 Å². The van der Waals surface area contributed by atoms with Gasteiger partial charge in [-0.15, -0.1) is 0 Å². The van der Waals surface area contributed by atoms with E-state index in [9.17, 15) is 0 Å². The summed E-state index contributed by atoms with van der Waals surface area (Å²) in [6.45, 7) is 3.31. The van der Waals surface area contributed by atoms with Crippen LogP contribution in [0, 0.1) is 6.92 Å². The zero-order chi connectivity index (χ0) is 8.59. The van der Waals surface area contributed by atoms with E-state index in [2.05, 4.69) is 5.10 Å². The van der Waals surface area contributed by atoms with Gasteiger partial charge < -0.3 is 16.6 Å². The van der Waals surface area contributed by atoms with E-state index >= 15 is 0 Å². The second-order valence-corrected chi connectivity index (χ2v) is 2.46. The van der Waals surface area contributed by atoms with Crippen LogP contribution in [0.4, 0.5) is 11.5 Å². The van der Waals surface area contributed by atoms with Crippen molar-refractivity contribution in [2.45, 2.75) is 20.1 Å². The monoisotopic (exact) mass is 156 g/mol. The molecule has 0 aliphatic carbocycles. The summed E-state index contributed by atoms with van der Waals surface area (Å²) in [5.41, 5.74) is 12.1. The molecule has 0 spiro atoms. The Kier molecular flexibility index (Phi) is 1.74. The van der Waals surface area contributed by atoms with Crippen molar-refractivity contribution >= 4 is 11.5 Å². The first-order valence-corrected chi connectivity index (χ1v) is 3.32. The fraction of sp³-hybridized carbons (Fsp3) is 0.500. The van der Waals surface area contributed by atoms with E-state index in [-0.39, 0.29) is 0 Å². The van der Waals surface area contributed by atoms with Gasteiger partial charge in [-0.3, -0.25) is 0 Å². The smallest absolute Gasteiger partial charge is 0.148 e. The Morgan fingerprint density at radius 3 is 2.27 bits per heavy atom. The molecule has 0 saturated heterocycles. The van der Waals surface area contributed by atoms with Crippen LogP contribution in [-0.4, -0.2) is 14.9 Å². The van der Waals surface area contributed by atoms with Crippen LogP contribution in [-0.2, 0) is 0 Å². The van der Waals surface area contributed by atoms with Gasteiger partial charge >= 0.3 is 0 Å². The molecular formula is C6H12N4O. The third-order valence-electron chi connectivity index (χ3n) is 1.52. The minimum atomic E-state index is -0.731. The van der Waals surface area contributed by atoms with Crippen molar-refractivity contribution in [3.8, 4) is 0 Å². The zero-order valence-corrected chi connectivity index (χ0v) is 6.57. The molecule has 0 bridgehead atoms. The van der Waals surface area contributed by atoms with Crippen LogP contribution in [0.1, 0.15) is 18.8 Å². The number of aliphatic hydroxyl groups excluding tert-OH is 1. The lowest BCUT2D eigenvalue weighted by Crippen LogP contribution is -2.09. The molecule has 1 aromatic heterocycles. The molecule has 0 aliphatic rings.